The van der Waals surface area contributed by atoms with Crippen LogP contribution >= 0.6 is 11.6 Å². The summed E-state index contributed by atoms with van der Waals surface area (Å²) >= 11 is 5.49. The molecule has 0 atom stereocenters. The summed E-state index contributed by atoms with van der Waals surface area (Å²) in [7, 11) is 0. The van der Waals surface area contributed by atoms with E-state index >= 15 is 0 Å². The van der Waals surface area contributed by atoms with E-state index in [4.69, 9.17) is 23.8 Å². The molecule has 1 rings (SSSR count). The second-order valence-corrected chi connectivity index (χ2v) is 2.67. The van der Waals surface area contributed by atoms with Gasteiger partial charge in [0.15, 0.2) is 0 Å². The third-order valence-corrected chi connectivity index (χ3v) is 1.73. The highest BCUT2D eigenvalue weighted by atomic mass is 35.5. The Labute approximate surface area is 82.4 Å². The highest BCUT2D eigenvalue weighted by Gasteiger charge is 1.96. The minimum atomic E-state index is 0.207. The van der Waals surface area contributed by atoms with Crippen LogP contribution in [0.3, 0.4) is 0 Å². The summed E-state index contributed by atoms with van der Waals surface area (Å²) in [5.74, 6) is 3.09. The molecule has 0 aromatic heterocycles. The molecule has 1 aromatic carbocycles. The first-order valence-corrected chi connectivity index (χ1v) is 4.26. The fraction of sp³-hybridized carbons (Fsp3) is 0.100. The van der Waals surface area contributed by atoms with Crippen molar-refractivity contribution in [2.24, 2.45) is 10.7 Å². The molecule has 0 spiro atoms. The van der Waals surface area contributed by atoms with E-state index in [9.17, 15) is 0 Å². The Bertz CT molecular complexity index is 363. The molecule has 0 saturated heterocycles. The van der Waals surface area contributed by atoms with E-state index in [0.717, 1.165) is 5.56 Å². The van der Waals surface area contributed by atoms with E-state index in [2.05, 4.69) is 10.9 Å². The number of nitrogens with zero attached hydrogens (tertiary/aromatic N) is 1. The molecule has 2 nitrogen and oxygen atoms in total. The molecule has 2 N–H and O–H groups in total. The van der Waals surface area contributed by atoms with Gasteiger partial charge in [-0.25, -0.2) is 4.99 Å². The fourth-order valence-electron chi connectivity index (χ4n) is 0.878. The first kappa shape index (κ1) is 9.63. The quantitative estimate of drug-likeness (QED) is 0.331. The van der Waals surface area contributed by atoms with Crippen LogP contribution in [0.4, 0.5) is 5.69 Å². The number of para-hydroxylation sites is 1. The summed E-state index contributed by atoms with van der Waals surface area (Å²) in [4.78, 5) is 4.07. The maximum absolute atomic E-state index is 5.49. The lowest BCUT2D eigenvalue weighted by Gasteiger charge is -1.98. The van der Waals surface area contributed by atoms with Gasteiger partial charge in [0.2, 0.25) is 0 Å². The summed E-state index contributed by atoms with van der Waals surface area (Å²) in [6, 6.07) is 7.31. The number of aliphatic imine (C=N–C) groups is 1. The number of rotatable bonds is 2. The summed E-state index contributed by atoms with van der Waals surface area (Å²) in [5.41, 5.74) is 6.88. The summed E-state index contributed by atoms with van der Waals surface area (Å²) in [6.07, 6.45) is 5.27. The number of terminal acetylenes is 1. The Morgan fingerprint density at radius 1 is 1.54 bits per heavy atom. The van der Waals surface area contributed by atoms with Gasteiger partial charge in [-0.05, 0) is 12.1 Å². The van der Waals surface area contributed by atoms with Gasteiger partial charge < -0.3 is 5.73 Å². The van der Waals surface area contributed by atoms with Gasteiger partial charge in [0.1, 0.15) is 5.84 Å². The smallest absolute Gasteiger partial charge is 0.115 e. The number of alkyl halides is 1. The molecule has 0 heterocycles. The van der Waals surface area contributed by atoms with Crippen LogP contribution in [0.2, 0.25) is 0 Å². The SMILES string of the molecule is C#Cc1ccccc1N=C(N)CCl. The van der Waals surface area contributed by atoms with Crippen LogP contribution in [0.15, 0.2) is 29.3 Å². The van der Waals surface area contributed by atoms with Crippen LogP contribution in [-0.4, -0.2) is 11.7 Å². The van der Waals surface area contributed by atoms with Gasteiger partial charge >= 0.3 is 0 Å². The molecule has 66 valence electrons. The van der Waals surface area contributed by atoms with Gasteiger partial charge in [0, 0.05) is 5.56 Å². The summed E-state index contributed by atoms with van der Waals surface area (Å²) < 4.78 is 0. The summed E-state index contributed by atoms with van der Waals surface area (Å²) in [6.45, 7) is 0. The highest BCUT2D eigenvalue weighted by Crippen LogP contribution is 2.16. The number of hydrogen-bond donors (Lipinski definition) is 1. The maximum atomic E-state index is 5.49. The second kappa shape index (κ2) is 4.54. The molecule has 13 heavy (non-hydrogen) atoms. The van der Waals surface area contributed by atoms with Crippen LogP contribution in [-0.2, 0) is 0 Å². The molecule has 0 unspecified atom stereocenters. The number of amidine groups is 1. The van der Waals surface area contributed by atoms with Crippen LogP contribution in [0.1, 0.15) is 5.56 Å². The van der Waals surface area contributed by atoms with Crippen molar-refractivity contribution in [1.29, 1.82) is 0 Å². The molecule has 0 aliphatic carbocycles. The average Bonchev–Trinajstić information content (AvgIpc) is 2.18. The van der Waals surface area contributed by atoms with Gasteiger partial charge in [0.05, 0.1) is 11.6 Å². The lowest BCUT2D eigenvalue weighted by atomic mass is 10.2. The molecule has 0 fully saturated rings. The number of nitrogens with two attached hydrogens (primary N) is 1. The molecular weight excluding hydrogens is 184 g/mol. The lowest BCUT2D eigenvalue weighted by Crippen LogP contribution is -2.12. The molecule has 0 aliphatic rings. The minimum Gasteiger partial charge on any atom is -0.386 e. The fourth-order valence-corrected chi connectivity index (χ4v) is 0.938. The standard InChI is InChI=1S/C10H9ClN2/c1-2-8-5-3-4-6-9(8)13-10(12)7-11/h1,3-6H,7H2,(H2,12,13). The zero-order valence-electron chi connectivity index (χ0n) is 7.00. The normalized spacial score (nSPS) is 10.9. The molecule has 0 radical (unpaired) electrons. The zero-order valence-corrected chi connectivity index (χ0v) is 7.75. The average molecular weight is 193 g/mol. The monoisotopic (exact) mass is 192 g/mol. The Hall–Kier alpha value is -1.46. The Kier molecular flexibility index (Phi) is 3.36. The predicted octanol–water partition coefficient (Wildman–Crippen LogP) is 1.90. The largest absolute Gasteiger partial charge is 0.386 e. The Morgan fingerprint density at radius 3 is 2.85 bits per heavy atom. The van der Waals surface area contributed by atoms with Crippen molar-refractivity contribution in [3.63, 3.8) is 0 Å². The molecular formula is C10H9ClN2. The van der Waals surface area contributed by atoms with E-state index in [1.54, 1.807) is 12.1 Å². The molecule has 0 amide bonds. The third-order valence-electron chi connectivity index (χ3n) is 1.46. The lowest BCUT2D eigenvalue weighted by molar-refractivity contribution is 1.44. The number of benzene rings is 1. The Morgan fingerprint density at radius 2 is 2.23 bits per heavy atom. The summed E-state index contributed by atoms with van der Waals surface area (Å²) in [5, 5.41) is 0. The third kappa shape index (κ3) is 2.50. The van der Waals surface area contributed by atoms with E-state index in [1.165, 1.54) is 0 Å². The number of halogens is 1. The van der Waals surface area contributed by atoms with Crippen molar-refractivity contribution in [2.45, 2.75) is 0 Å². The van der Waals surface area contributed by atoms with Crippen molar-refractivity contribution in [3.05, 3.63) is 29.8 Å². The number of hydrogen-bond acceptors (Lipinski definition) is 1. The maximum Gasteiger partial charge on any atom is 0.115 e. The molecule has 3 heteroatoms. The molecule has 0 saturated carbocycles. The van der Waals surface area contributed by atoms with Crippen LogP contribution < -0.4 is 5.73 Å². The van der Waals surface area contributed by atoms with Gasteiger partial charge in [0.25, 0.3) is 0 Å². The first-order valence-electron chi connectivity index (χ1n) is 3.72. The minimum absolute atomic E-state index is 0.207. The topological polar surface area (TPSA) is 38.4 Å². The Balaban J connectivity index is 3.09. The van der Waals surface area contributed by atoms with Crippen molar-refractivity contribution < 1.29 is 0 Å². The molecule has 0 bridgehead atoms. The van der Waals surface area contributed by atoms with Crippen LogP contribution in [0, 0.1) is 12.3 Å². The van der Waals surface area contributed by atoms with Gasteiger partial charge in [-0.1, -0.05) is 18.1 Å². The highest BCUT2D eigenvalue weighted by molar-refractivity contribution is 6.28. The molecule has 0 aliphatic heterocycles. The zero-order chi connectivity index (χ0) is 9.68. The van der Waals surface area contributed by atoms with E-state index in [-0.39, 0.29) is 5.88 Å². The molecule has 1 aromatic rings. The van der Waals surface area contributed by atoms with E-state index in [0.29, 0.717) is 11.5 Å². The van der Waals surface area contributed by atoms with Crippen molar-refractivity contribution >= 4 is 23.1 Å². The van der Waals surface area contributed by atoms with Crippen LogP contribution in [0.25, 0.3) is 0 Å². The van der Waals surface area contributed by atoms with E-state index in [1.807, 2.05) is 12.1 Å². The van der Waals surface area contributed by atoms with Gasteiger partial charge in [-0.3, -0.25) is 0 Å². The van der Waals surface area contributed by atoms with Gasteiger partial charge in [-0.2, -0.15) is 0 Å². The van der Waals surface area contributed by atoms with Gasteiger partial charge in [-0.15, -0.1) is 18.0 Å². The van der Waals surface area contributed by atoms with Crippen LogP contribution in [0.5, 0.6) is 0 Å². The second-order valence-electron chi connectivity index (χ2n) is 2.40. The van der Waals surface area contributed by atoms with Crippen molar-refractivity contribution in [2.75, 3.05) is 5.88 Å². The predicted molar refractivity (Wildman–Crippen MR) is 56.4 cm³/mol. The van der Waals surface area contributed by atoms with Crippen molar-refractivity contribution in [1.82, 2.24) is 0 Å². The first-order chi connectivity index (χ1) is 6.27. The van der Waals surface area contributed by atoms with Crippen molar-refractivity contribution in [3.8, 4) is 12.3 Å². The van der Waals surface area contributed by atoms with E-state index < -0.39 is 0 Å².